The Morgan fingerprint density at radius 3 is 2.61 bits per heavy atom. The van der Waals surface area contributed by atoms with Crippen molar-refractivity contribution >= 4 is 39.0 Å². The van der Waals surface area contributed by atoms with Crippen LogP contribution in [0, 0.1) is 6.92 Å². The van der Waals surface area contributed by atoms with Crippen molar-refractivity contribution in [1.29, 1.82) is 0 Å². The van der Waals surface area contributed by atoms with Gasteiger partial charge in [-0.3, -0.25) is 14.4 Å². The minimum atomic E-state index is -4.39. The van der Waals surface area contributed by atoms with Crippen LogP contribution in [0.2, 0.25) is 0 Å². The molecule has 0 saturated heterocycles. The van der Waals surface area contributed by atoms with Crippen molar-refractivity contribution in [3.05, 3.63) is 42.1 Å². The molecule has 1 amide bonds. The van der Waals surface area contributed by atoms with E-state index >= 15 is 0 Å². The number of benzene rings is 1. The van der Waals surface area contributed by atoms with Gasteiger partial charge in [0.15, 0.2) is 0 Å². The van der Waals surface area contributed by atoms with Gasteiger partial charge in [-0.25, -0.2) is 13.4 Å². The number of amides is 1. The maximum Gasteiger partial charge on any atom is 0.389 e. The van der Waals surface area contributed by atoms with Gasteiger partial charge in [0.2, 0.25) is 16.4 Å². The molecular formula is C22H23F3N4O3S. The molecule has 0 radical (unpaired) electrons. The molecule has 4 rings (SSSR count). The van der Waals surface area contributed by atoms with E-state index in [1.807, 2.05) is 19.1 Å². The molecule has 0 bridgehead atoms. The van der Waals surface area contributed by atoms with Crippen LogP contribution < -0.4 is 9.62 Å². The van der Waals surface area contributed by atoms with Crippen molar-refractivity contribution in [2.45, 2.75) is 44.8 Å². The summed E-state index contributed by atoms with van der Waals surface area (Å²) in [7, 11) is -3.91. The average molecular weight is 481 g/mol. The van der Waals surface area contributed by atoms with Crippen molar-refractivity contribution in [3.63, 3.8) is 0 Å². The second-order valence-electron chi connectivity index (χ2n) is 8.18. The summed E-state index contributed by atoms with van der Waals surface area (Å²) in [5.41, 5.74) is 3.32. The van der Waals surface area contributed by atoms with Gasteiger partial charge in [-0.1, -0.05) is 6.07 Å². The summed E-state index contributed by atoms with van der Waals surface area (Å²) in [4.78, 5) is 20.9. The van der Waals surface area contributed by atoms with Gasteiger partial charge in [0.1, 0.15) is 11.5 Å². The largest absolute Gasteiger partial charge is 0.389 e. The molecule has 1 aromatic carbocycles. The summed E-state index contributed by atoms with van der Waals surface area (Å²) in [6.45, 7) is 1.81. The number of rotatable bonds is 9. The van der Waals surface area contributed by atoms with E-state index in [9.17, 15) is 26.4 Å². The van der Waals surface area contributed by atoms with Crippen LogP contribution in [-0.2, 0) is 14.8 Å². The highest BCUT2D eigenvalue weighted by Crippen LogP contribution is 2.36. The highest BCUT2D eigenvalue weighted by atomic mass is 32.2. The van der Waals surface area contributed by atoms with E-state index in [0.717, 1.165) is 41.3 Å². The Morgan fingerprint density at radius 1 is 1.21 bits per heavy atom. The summed E-state index contributed by atoms with van der Waals surface area (Å²) in [5, 5.41) is 0.851. The van der Waals surface area contributed by atoms with Gasteiger partial charge in [-0.2, -0.15) is 13.2 Å². The summed E-state index contributed by atoms with van der Waals surface area (Å²) in [6.07, 6.45) is -1.66. The predicted molar refractivity (Wildman–Crippen MR) is 121 cm³/mol. The molecule has 0 aliphatic heterocycles. The van der Waals surface area contributed by atoms with Crippen LogP contribution in [0.15, 0.2) is 36.5 Å². The third-order valence-corrected chi connectivity index (χ3v) is 6.87. The first kappa shape index (κ1) is 23.1. The van der Waals surface area contributed by atoms with E-state index < -0.39 is 34.8 Å². The topological polar surface area (TPSA) is 95.2 Å². The summed E-state index contributed by atoms with van der Waals surface area (Å²) >= 11 is 0. The second kappa shape index (κ2) is 8.69. The third kappa shape index (κ3) is 5.47. The number of pyridine rings is 1. The second-order valence-corrected chi connectivity index (χ2v) is 10.0. The van der Waals surface area contributed by atoms with E-state index in [1.165, 1.54) is 0 Å². The molecular weight excluding hydrogens is 457 g/mol. The number of H-pyrrole nitrogens is 1. The lowest BCUT2D eigenvalue weighted by Gasteiger charge is -2.18. The molecule has 0 spiro atoms. The zero-order valence-corrected chi connectivity index (χ0v) is 18.6. The number of hydrogen-bond donors (Lipinski definition) is 2. The number of aromatic nitrogens is 2. The van der Waals surface area contributed by atoms with E-state index in [0.29, 0.717) is 11.5 Å². The van der Waals surface area contributed by atoms with Crippen LogP contribution in [-0.4, -0.2) is 42.8 Å². The highest BCUT2D eigenvalue weighted by molar-refractivity contribution is 7.92. The standard InChI is InChI=1S/C22H23F3N4O3S/c1-14-11-15(28-33(31,32)10-2-8-22(23,24)25)3-6-17(14)19-12-20(29(13-30)16-4-5-16)27-21-18(19)7-9-26-21/h3,6-7,9,11-13,16,28H,2,4-5,8,10H2,1H3,(H,26,27). The monoisotopic (exact) mass is 480 g/mol. The number of carbonyl (C=O) groups is 1. The number of carbonyl (C=O) groups excluding carboxylic acids is 1. The van der Waals surface area contributed by atoms with E-state index in [4.69, 9.17) is 0 Å². The number of nitrogens with one attached hydrogen (secondary N) is 2. The van der Waals surface area contributed by atoms with Crippen LogP contribution in [0.5, 0.6) is 0 Å². The number of aryl methyl sites for hydroxylation is 1. The maximum atomic E-state index is 12.3. The summed E-state index contributed by atoms with van der Waals surface area (Å²) < 4.78 is 63.6. The minimum Gasteiger partial charge on any atom is -0.346 e. The summed E-state index contributed by atoms with van der Waals surface area (Å²) in [6, 6.07) is 8.81. The number of anilines is 2. The van der Waals surface area contributed by atoms with Crippen molar-refractivity contribution < 1.29 is 26.4 Å². The molecule has 2 heterocycles. The number of alkyl halides is 3. The number of halogens is 3. The number of sulfonamides is 1. The first-order valence-electron chi connectivity index (χ1n) is 10.5. The Bertz CT molecular complexity index is 1280. The molecule has 33 heavy (non-hydrogen) atoms. The molecule has 3 aromatic rings. The Morgan fingerprint density at radius 2 is 1.97 bits per heavy atom. The van der Waals surface area contributed by atoms with Gasteiger partial charge in [-0.05, 0) is 67.1 Å². The van der Waals surface area contributed by atoms with Gasteiger partial charge >= 0.3 is 6.18 Å². The molecule has 0 unspecified atom stereocenters. The number of fused-ring (bicyclic) bond motifs is 1. The van der Waals surface area contributed by atoms with E-state index in [1.54, 1.807) is 29.3 Å². The van der Waals surface area contributed by atoms with Crippen LogP contribution in [0.4, 0.5) is 24.7 Å². The van der Waals surface area contributed by atoms with Crippen molar-refractivity contribution in [3.8, 4) is 11.1 Å². The molecule has 1 aliphatic rings. The van der Waals surface area contributed by atoms with Crippen LogP contribution in [0.25, 0.3) is 22.2 Å². The zero-order chi connectivity index (χ0) is 23.8. The fourth-order valence-corrected chi connectivity index (χ4v) is 4.89. The van der Waals surface area contributed by atoms with E-state index in [2.05, 4.69) is 14.7 Å². The lowest BCUT2D eigenvalue weighted by Crippen LogP contribution is -2.24. The van der Waals surface area contributed by atoms with Crippen LogP contribution >= 0.6 is 0 Å². The van der Waals surface area contributed by atoms with Crippen LogP contribution in [0.1, 0.15) is 31.2 Å². The fraction of sp³-hybridized carbons (Fsp3) is 0.364. The Kier molecular flexibility index (Phi) is 6.08. The van der Waals surface area contributed by atoms with Crippen molar-refractivity contribution in [2.75, 3.05) is 15.4 Å². The number of hydrogen-bond acceptors (Lipinski definition) is 4. The molecule has 7 nitrogen and oxygen atoms in total. The minimum absolute atomic E-state index is 0.144. The van der Waals surface area contributed by atoms with Crippen molar-refractivity contribution in [1.82, 2.24) is 9.97 Å². The zero-order valence-electron chi connectivity index (χ0n) is 17.8. The van der Waals surface area contributed by atoms with Gasteiger partial charge in [0.05, 0.1) is 5.75 Å². The predicted octanol–water partition coefficient (Wildman–Crippen LogP) is 4.75. The average Bonchev–Trinajstić information content (AvgIpc) is 3.42. The van der Waals surface area contributed by atoms with Gasteiger partial charge in [-0.15, -0.1) is 0 Å². The lowest BCUT2D eigenvalue weighted by atomic mass is 9.98. The molecule has 1 aliphatic carbocycles. The fourth-order valence-electron chi connectivity index (χ4n) is 3.78. The molecule has 2 aromatic heterocycles. The maximum absolute atomic E-state index is 12.3. The highest BCUT2D eigenvalue weighted by Gasteiger charge is 2.31. The lowest BCUT2D eigenvalue weighted by molar-refractivity contribution is -0.134. The van der Waals surface area contributed by atoms with Crippen LogP contribution in [0.3, 0.4) is 0 Å². The first-order valence-corrected chi connectivity index (χ1v) is 12.1. The van der Waals surface area contributed by atoms with Gasteiger partial charge in [0, 0.05) is 29.7 Å². The molecule has 11 heteroatoms. The molecule has 1 fully saturated rings. The Labute approximate surface area is 189 Å². The van der Waals surface area contributed by atoms with Crippen molar-refractivity contribution in [2.24, 2.45) is 0 Å². The number of aromatic amines is 1. The normalized spacial score (nSPS) is 14.4. The quantitative estimate of drug-likeness (QED) is 0.432. The Balaban J connectivity index is 1.61. The summed E-state index contributed by atoms with van der Waals surface area (Å²) in [5.74, 6) is -0.0838. The smallest absolute Gasteiger partial charge is 0.346 e. The molecule has 0 atom stereocenters. The first-order chi connectivity index (χ1) is 15.6. The number of nitrogens with zero attached hydrogens (tertiary/aromatic N) is 2. The van der Waals surface area contributed by atoms with Gasteiger partial charge in [0.25, 0.3) is 0 Å². The third-order valence-electron chi connectivity index (χ3n) is 5.50. The SMILES string of the molecule is Cc1cc(NS(=O)(=O)CCCC(F)(F)F)ccc1-c1cc(N(C=O)C2CC2)nc2[nH]ccc12. The molecule has 176 valence electrons. The van der Waals surface area contributed by atoms with Gasteiger partial charge < -0.3 is 4.98 Å². The molecule has 1 saturated carbocycles. The Hall–Kier alpha value is -3.08. The molecule has 2 N–H and O–H groups in total. The van der Waals surface area contributed by atoms with E-state index in [-0.39, 0.29) is 11.7 Å².